The third kappa shape index (κ3) is 5.02. The topological polar surface area (TPSA) is 38.7 Å². The third-order valence-corrected chi connectivity index (χ3v) is 2.30. The molecule has 3 nitrogen and oxygen atoms in total. The quantitative estimate of drug-likeness (QED) is 0.823. The van der Waals surface area contributed by atoms with Gasteiger partial charge in [-0.05, 0) is 39.8 Å². The standard InChI is InChI=1S/C14H21FO3/c1-10(16)12-6-5-11(15)9-13(12)17-7-8-18-14(2,3)4/h5-6,9-10,16H,7-8H2,1-4H3. The fraction of sp³-hybridized carbons (Fsp3) is 0.571. The molecule has 0 radical (unpaired) electrons. The highest BCUT2D eigenvalue weighted by Crippen LogP contribution is 2.26. The Morgan fingerprint density at radius 1 is 1.28 bits per heavy atom. The van der Waals surface area contributed by atoms with E-state index in [-0.39, 0.29) is 11.4 Å². The van der Waals surface area contributed by atoms with Gasteiger partial charge in [-0.1, -0.05) is 0 Å². The number of rotatable bonds is 5. The lowest BCUT2D eigenvalue weighted by molar-refractivity contribution is -0.0166. The lowest BCUT2D eigenvalue weighted by Gasteiger charge is -2.20. The molecule has 0 fully saturated rings. The predicted octanol–water partition coefficient (Wildman–Crippen LogP) is 3.07. The zero-order valence-electron chi connectivity index (χ0n) is 11.4. The number of aliphatic hydroxyl groups is 1. The molecule has 0 heterocycles. The van der Waals surface area contributed by atoms with Crippen molar-refractivity contribution >= 4 is 0 Å². The van der Waals surface area contributed by atoms with Crippen LogP contribution in [-0.4, -0.2) is 23.9 Å². The van der Waals surface area contributed by atoms with Gasteiger partial charge < -0.3 is 14.6 Å². The minimum atomic E-state index is -0.691. The van der Waals surface area contributed by atoms with Crippen LogP contribution in [0.1, 0.15) is 39.4 Å². The summed E-state index contributed by atoms with van der Waals surface area (Å²) in [6.07, 6.45) is -0.691. The van der Waals surface area contributed by atoms with E-state index >= 15 is 0 Å². The summed E-state index contributed by atoms with van der Waals surface area (Å²) >= 11 is 0. The Bertz CT molecular complexity index is 383. The number of aliphatic hydroxyl groups excluding tert-OH is 1. The van der Waals surface area contributed by atoms with E-state index < -0.39 is 6.10 Å². The summed E-state index contributed by atoms with van der Waals surface area (Å²) in [7, 11) is 0. The Morgan fingerprint density at radius 2 is 1.94 bits per heavy atom. The first-order valence-corrected chi connectivity index (χ1v) is 6.04. The monoisotopic (exact) mass is 256 g/mol. The van der Waals surface area contributed by atoms with Crippen molar-refractivity contribution in [2.75, 3.05) is 13.2 Å². The Hall–Kier alpha value is -1.13. The molecule has 0 spiro atoms. The first-order valence-electron chi connectivity index (χ1n) is 6.04. The molecule has 0 aromatic heterocycles. The van der Waals surface area contributed by atoms with Crippen molar-refractivity contribution in [2.24, 2.45) is 0 Å². The van der Waals surface area contributed by atoms with Crippen molar-refractivity contribution in [2.45, 2.75) is 39.4 Å². The van der Waals surface area contributed by atoms with Crippen LogP contribution in [0.25, 0.3) is 0 Å². The molecule has 0 aliphatic rings. The Morgan fingerprint density at radius 3 is 2.50 bits per heavy atom. The van der Waals surface area contributed by atoms with Gasteiger partial charge in [-0.25, -0.2) is 4.39 Å². The third-order valence-electron chi connectivity index (χ3n) is 2.30. The van der Waals surface area contributed by atoms with Gasteiger partial charge in [-0.2, -0.15) is 0 Å². The molecule has 1 N–H and O–H groups in total. The molecule has 1 unspecified atom stereocenters. The molecule has 0 aliphatic carbocycles. The number of hydrogen-bond donors (Lipinski definition) is 1. The predicted molar refractivity (Wildman–Crippen MR) is 68.2 cm³/mol. The molecule has 18 heavy (non-hydrogen) atoms. The van der Waals surface area contributed by atoms with Gasteiger partial charge in [0.2, 0.25) is 0 Å². The SMILES string of the molecule is CC(O)c1ccc(F)cc1OCCOC(C)(C)C. The molecule has 1 aromatic carbocycles. The summed E-state index contributed by atoms with van der Waals surface area (Å²) < 4.78 is 24.1. The van der Waals surface area contributed by atoms with E-state index in [9.17, 15) is 9.50 Å². The van der Waals surface area contributed by atoms with E-state index in [0.717, 1.165) is 0 Å². The summed E-state index contributed by atoms with van der Waals surface area (Å²) in [5, 5.41) is 9.55. The normalized spacial score (nSPS) is 13.4. The number of halogens is 1. The maximum absolute atomic E-state index is 13.1. The Labute approximate surface area is 108 Å². The van der Waals surface area contributed by atoms with E-state index in [1.807, 2.05) is 20.8 Å². The van der Waals surface area contributed by atoms with E-state index in [0.29, 0.717) is 24.5 Å². The van der Waals surface area contributed by atoms with Crippen molar-refractivity contribution < 1.29 is 19.0 Å². The van der Waals surface area contributed by atoms with Gasteiger partial charge in [-0.15, -0.1) is 0 Å². The van der Waals surface area contributed by atoms with Crippen LogP contribution in [0.4, 0.5) is 4.39 Å². The van der Waals surface area contributed by atoms with Gasteiger partial charge in [0, 0.05) is 11.6 Å². The zero-order valence-corrected chi connectivity index (χ0v) is 11.4. The maximum atomic E-state index is 13.1. The van der Waals surface area contributed by atoms with Crippen LogP contribution < -0.4 is 4.74 Å². The second-order valence-electron chi connectivity index (χ2n) is 5.17. The first kappa shape index (κ1) is 14.9. The second-order valence-corrected chi connectivity index (χ2v) is 5.17. The smallest absolute Gasteiger partial charge is 0.128 e. The van der Waals surface area contributed by atoms with Gasteiger partial charge in [-0.3, -0.25) is 0 Å². The summed E-state index contributed by atoms with van der Waals surface area (Å²) in [6.45, 7) is 8.22. The number of benzene rings is 1. The van der Waals surface area contributed by atoms with Crippen molar-refractivity contribution in [1.82, 2.24) is 0 Å². The second kappa shape index (κ2) is 6.16. The highest BCUT2D eigenvalue weighted by atomic mass is 19.1. The van der Waals surface area contributed by atoms with Gasteiger partial charge in [0.05, 0.1) is 18.3 Å². The molecule has 1 aromatic rings. The van der Waals surface area contributed by atoms with Crippen LogP contribution in [0.2, 0.25) is 0 Å². The van der Waals surface area contributed by atoms with Crippen LogP contribution in [0.3, 0.4) is 0 Å². The largest absolute Gasteiger partial charge is 0.491 e. The summed E-state index contributed by atoms with van der Waals surface area (Å²) in [5.41, 5.74) is 0.352. The number of hydrogen-bond acceptors (Lipinski definition) is 3. The molecule has 0 aliphatic heterocycles. The van der Waals surface area contributed by atoms with Gasteiger partial charge in [0.15, 0.2) is 0 Å². The van der Waals surface area contributed by atoms with E-state index in [2.05, 4.69) is 0 Å². The van der Waals surface area contributed by atoms with Crippen LogP contribution in [-0.2, 0) is 4.74 Å². The van der Waals surface area contributed by atoms with Crippen molar-refractivity contribution in [3.8, 4) is 5.75 Å². The molecule has 0 bridgehead atoms. The average Bonchev–Trinajstić information content (AvgIpc) is 2.22. The summed E-state index contributed by atoms with van der Waals surface area (Å²) in [5.74, 6) is -0.0198. The molecule has 0 saturated heterocycles. The van der Waals surface area contributed by atoms with E-state index in [1.54, 1.807) is 6.92 Å². The lowest BCUT2D eigenvalue weighted by atomic mass is 10.1. The van der Waals surface area contributed by atoms with E-state index in [4.69, 9.17) is 9.47 Å². The van der Waals surface area contributed by atoms with E-state index in [1.165, 1.54) is 18.2 Å². The molecule has 0 saturated carbocycles. The highest BCUT2D eigenvalue weighted by Gasteiger charge is 2.12. The average molecular weight is 256 g/mol. The molecular weight excluding hydrogens is 235 g/mol. The summed E-state index contributed by atoms with van der Waals surface area (Å²) in [6, 6.07) is 4.11. The highest BCUT2D eigenvalue weighted by molar-refractivity contribution is 5.35. The van der Waals surface area contributed by atoms with Gasteiger partial charge >= 0.3 is 0 Å². The minimum absolute atomic E-state index is 0.224. The Balaban J connectivity index is 2.58. The van der Waals surface area contributed by atoms with Gasteiger partial charge in [0.1, 0.15) is 18.2 Å². The zero-order chi connectivity index (χ0) is 13.8. The molecule has 4 heteroatoms. The van der Waals surface area contributed by atoms with Crippen LogP contribution in [0.15, 0.2) is 18.2 Å². The van der Waals surface area contributed by atoms with Crippen LogP contribution in [0, 0.1) is 5.82 Å². The van der Waals surface area contributed by atoms with Gasteiger partial charge in [0.25, 0.3) is 0 Å². The molecule has 1 rings (SSSR count). The fourth-order valence-electron chi connectivity index (χ4n) is 1.48. The lowest BCUT2D eigenvalue weighted by Crippen LogP contribution is -2.22. The van der Waals surface area contributed by atoms with Crippen LogP contribution in [0.5, 0.6) is 5.75 Å². The molecule has 102 valence electrons. The first-order chi connectivity index (χ1) is 8.29. The number of ether oxygens (including phenoxy) is 2. The Kier molecular flexibility index (Phi) is 5.11. The van der Waals surface area contributed by atoms with Crippen molar-refractivity contribution in [1.29, 1.82) is 0 Å². The molecular formula is C14H21FO3. The minimum Gasteiger partial charge on any atom is -0.491 e. The van der Waals surface area contributed by atoms with Crippen LogP contribution >= 0.6 is 0 Å². The molecule has 1 atom stereocenters. The molecule has 0 amide bonds. The van der Waals surface area contributed by atoms with Crippen molar-refractivity contribution in [3.63, 3.8) is 0 Å². The fourth-order valence-corrected chi connectivity index (χ4v) is 1.48. The summed E-state index contributed by atoms with van der Waals surface area (Å²) in [4.78, 5) is 0. The maximum Gasteiger partial charge on any atom is 0.128 e. The van der Waals surface area contributed by atoms with Crippen molar-refractivity contribution in [3.05, 3.63) is 29.6 Å².